The largest absolute Gasteiger partial charge is 0.349 e. The summed E-state index contributed by atoms with van der Waals surface area (Å²) >= 11 is 0. The average Bonchev–Trinajstić information content (AvgIpc) is 3.17. The third-order valence-electron chi connectivity index (χ3n) is 4.61. The summed E-state index contributed by atoms with van der Waals surface area (Å²) in [5.41, 5.74) is 2.68. The van der Waals surface area contributed by atoms with Crippen LogP contribution >= 0.6 is 0 Å². The number of nitrogens with one attached hydrogen (secondary N) is 1. The van der Waals surface area contributed by atoms with Crippen molar-refractivity contribution in [2.75, 3.05) is 19.9 Å². The molecule has 25 heavy (non-hydrogen) atoms. The van der Waals surface area contributed by atoms with Gasteiger partial charge >= 0.3 is 0 Å². The van der Waals surface area contributed by atoms with Crippen molar-refractivity contribution < 1.29 is 14.3 Å². The van der Waals surface area contributed by atoms with E-state index in [9.17, 15) is 4.79 Å². The highest BCUT2D eigenvalue weighted by Gasteiger charge is 2.30. The Morgan fingerprint density at radius 2 is 1.76 bits per heavy atom. The van der Waals surface area contributed by atoms with Crippen LogP contribution in [0.1, 0.15) is 34.8 Å². The number of ether oxygens (including phenoxy) is 2. The number of fused-ring (bicyclic) bond motifs is 1. The zero-order chi connectivity index (χ0) is 17.5. The predicted octanol–water partition coefficient (Wildman–Crippen LogP) is 3.20. The fraction of sp³-hybridized carbons (Fsp3) is 0.381. The number of carbonyl (C=O) groups excluding carboxylic acids is 1. The molecule has 4 rings (SSSR count). The Hall–Kier alpha value is -2.01. The molecule has 2 atom stereocenters. The number of hydrogen-bond donors (Lipinski definition) is 1. The van der Waals surface area contributed by atoms with Gasteiger partial charge in [0, 0.05) is 17.7 Å². The van der Waals surface area contributed by atoms with E-state index in [1.807, 2.05) is 54.6 Å². The van der Waals surface area contributed by atoms with Crippen molar-refractivity contribution in [3.05, 3.63) is 71.3 Å². The summed E-state index contributed by atoms with van der Waals surface area (Å²) in [4.78, 5) is 12.2. The van der Waals surface area contributed by atoms with Crippen LogP contribution in [-0.2, 0) is 15.9 Å². The van der Waals surface area contributed by atoms with E-state index < -0.39 is 0 Å². The molecule has 2 fully saturated rings. The lowest BCUT2D eigenvalue weighted by Crippen LogP contribution is -2.41. The summed E-state index contributed by atoms with van der Waals surface area (Å²) in [6, 6.07) is 17.2. The first-order chi connectivity index (χ1) is 12.3. The second-order valence-corrected chi connectivity index (χ2v) is 6.23. The monoisotopic (exact) mass is 339 g/mol. The number of ketones is 1. The van der Waals surface area contributed by atoms with Crippen LogP contribution in [0.5, 0.6) is 0 Å². The normalized spacial score (nSPS) is 21.8. The van der Waals surface area contributed by atoms with E-state index >= 15 is 0 Å². The lowest BCUT2D eigenvalue weighted by molar-refractivity contribution is 0.0410. The van der Waals surface area contributed by atoms with E-state index in [0.717, 1.165) is 42.6 Å². The van der Waals surface area contributed by atoms with Gasteiger partial charge in [-0.15, -0.1) is 0 Å². The maximum absolute atomic E-state index is 12.2. The Labute approximate surface area is 149 Å². The van der Waals surface area contributed by atoms with E-state index in [0.29, 0.717) is 19.0 Å². The van der Waals surface area contributed by atoms with Crippen LogP contribution in [0.15, 0.2) is 54.6 Å². The summed E-state index contributed by atoms with van der Waals surface area (Å²) in [7, 11) is 0. The molecule has 0 bridgehead atoms. The minimum atomic E-state index is 0.109. The highest BCUT2D eigenvalue weighted by Crippen LogP contribution is 2.17. The lowest BCUT2D eigenvalue weighted by atomic mass is 9.97. The van der Waals surface area contributed by atoms with Gasteiger partial charge in [0.15, 0.2) is 5.78 Å². The summed E-state index contributed by atoms with van der Waals surface area (Å²) in [6.45, 7) is 4.60. The summed E-state index contributed by atoms with van der Waals surface area (Å²) < 4.78 is 10.6. The fourth-order valence-corrected chi connectivity index (χ4v) is 3.17. The summed E-state index contributed by atoms with van der Waals surface area (Å²) in [6.07, 6.45) is 2.70. The van der Waals surface area contributed by atoms with Gasteiger partial charge in [-0.3, -0.25) is 4.79 Å². The van der Waals surface area contributed by atoms with E-state index in [1.165, 1.54) is 0 Å². The molecule has 1 N–H and O–H groups in total. The highest BCUT2D eigenvalue weighted by atomic mass is 16.7. The van der Waals surface area contributed by atoms with Gasteiger partial charge in [-0.2, -0.15) is 0 Å². The summed E-state index contributed by atoms with van der Waals surface area (Å²) in [5, 5.41) is 3.25. The van der Waals surface area contributed by atoms with Crippen molar-refractivity contribution in [3.8, 4) is 0 Å². The molecule has 0 radical (unpaired) electrons. The molecular weight excluding hydrogens is 314 g/mol. The molecule has 4 nitrogen and oxygen atoms in total. The van der Waals surface area contributed by atoms with Crippen molar-refractivity contribution in [2.24, 2.45) is 0 Å². The number of aryl methyl sites for hydroxylation is 1. The predicted molar refractivity (Wildman–Crippen MR) is 97.8 cm³/mol. The van der Waals surface area contributed by atoms with Crippen LogP contribution in [0.3, 0.4) is 0 Å². The van der Waals surface area contributed by atoms with Crippen molar-refractivity contribution in [1.82, 2.24) is 5.32 Å². The molecule has 2 aliphatic rings. The fourth-order valence-electron chi connectivity index (χ4n) is 3.17. The number of carbonyl (C=O) groups is 1. The lowest BCUT2D eigenvalue weighted by Gasteiger charge is -2.22. The van der Waals surface area contributed by atoms with Crippen molar-refractivity contribution >= 4 is 5.78 Å². The summed E-state index contributed by atoms with van der Waals surface area (Å²) in [5.74, 6) is 0.109. The van der Waals surface area contributed by atoms with Crippen molar-refractivity contribution in [2.45, 2.75) is 32.0 Å². The van der Waals surface area contributed by atoms with Crippen LogP contribution in [0.4, 0.5) is 0 Å². The molecule has 0 amide bonds. The Morgan fingerprint density at radius 3 is 2.52 bits per heavy atom. The first kappa shape index (κ1) is 17.8. The van der Waals surface area contributed by atoms with Crippen LogP contribution in [0, 0.1) is 0 Å². The Kier molecular flexibility index (Phi) is 6.34. The molecule has 2 aliphatic heterocycles. The highest BCUT2D eigenvalue weighted by molar-refractivity contribution is 6.09. The molecule has 132 valence electrons. The maximum Gasteiger partial charge on any atom is 0.193 e. The second-order valence-electron chi connectivity index (χ2n) is 6.23. The molecular formula is C21H25NO3. The topological polar surface area (TPSA) is 47.6 Å². The zero-order valence-electron chi connectivity index (χ0n) is 14.6. The number of hydrogen-bond acceptors (Lipinski definition) is 4. The molecule has 2 aromatic rings. The maximum atomic E-state index is 12.2. The molecule has 0 saturated carbocycles. The Balaban J connectivity index is 0.000000170. The van der Waals surface area contributed by atoms with Gasteiger partial charge in [0.1, 0.15) is 6.79 Å². The molecule has 0 spiro atoms. The van der Waals surface area contributed by atoms with Crippen molar-refractivity contribution in [1.29, 1.82) is 0 Å². The molecule has 2 unspecified atom stereocenters. The minimum Gasteiger partial charge on any atom is -0.349 e. The smallest absolute Gasteiger partial charge is 0.193 e. The molecule has 2 aromatic carbocycles. The van der Waals surface area contributed by atoms with Crippen molar-refractivity contribution in [3.63, 3.8) is 0 Å². The molecule has 0 aromatic heterocycles. The SMILES string of the molecule is C1CC2OCOC2CN1.CCc1ccccc1C(=O)c1ccccc1. The Bertz CT molecular complexity index is 675. The van der Waals surface area contributed by atoms with E-state index in [4.69, 9.17) is 9.47 Å². The van der Waals surface area contributed by atoms with Gasteiger partial charge in [-0.25, -0.2) is 0 Å². The van der Waals surface area contributed by atoms with Gasteiger partial charge in [0.2, 0.25) is 0 Å². The van der Waals surface area contributed by atoms with Crippen LogP contribution < -0.4 is 5.32 Å². The molecule has 4 heteroatoms. The first-order valence-electron chi connectivity index (χ1n) is 8.91. The van der Waals surface area contributed by atoms with Crippen LogP contribution in [0.25, 0.3) is 0 Å². The van der Waals surface area contributed by atoms with E-state index in [-0.39, 0.29) is 5.78 Å². The van der Waals surface area contributed by atoms with Gasteiger partial charge < -0.3 is 14.8 Å². The second kappa shape index (κ2) is 8.90. The zero-order valence-corrected chi connectivity index (χ0v) is 14.6. The molecule has 2 saturated heterocycles. The van der Waals surface area contributed by atoms with E-state index in [1.54, 1.807) is 0 Å². The standard InChI is InChI=1S/C15H14O.C6H11NO2/c1-2-12-8-6-7-11-14(12)15(16)13-9-4-3-5-10-13;1-2-7-3-6-5(1)8-4-9-6/h3-11H,2H2,1H3;5-7H,1-4H2. The van der Waals surface area contributed by atoms with Gasteiger partial charge in [-0.1, -0.05) is 61.5 Å². The first-order valence-corrected chi connectivity index (χ1v) is 8.91. The van der Waals surface area contributed by atoms with Gasteiger partial charge in [0.05, 0.1) is 12.2 Å². The average molecular weight is 339 g/mol. The van der Waals surface area contributed by atoms with Gasteiger partial charge in [-0.05, 0) is 24.9 Å². The van der Waals surface area contributed by atoms with Crippen LogP contribution in [0.2, 0.25) is 0 Å². The minimum absolute atomic E-state index is 0.109. The Morgan fingerprint density at radius 1 is 1.04 bits per heavy atom. The number of piperidine rings is 1. The third kappa shape index (κ3) is 4.54. The van der Waals surface area contributed by atoms with E-state index in [2.05, 4.69) is 12.2 Å². The van der Waals surface area contributed by atoms with Crippen LogP contribution in [-0.4, -0.2) is 37.9 Å². The third-order valence-corrected chi connectivity index (χ3v) is 4.61. The van der Waals surface area contributed by atoms with Gasteiger partial charge in [0.25, 0.3) is 0 Å². The molecule has 2 heterocycles. The number of benzene rings is 2. The molecule has 0 aliphatic carbocycles. The number of rotatable bonds is 3. The quantitative estimate of drug-likeness (QED) is 0.873.